The molecule has 3 aromatic carbocycles. The third-order valence-electron chi connectivity index (χ3n) is 6.20. The average molecular weight is 492 g/mol. The Balaban J connectivity index is 1.46. The van der Waals surface area contributed by atoms with E-state index in [2.05, 4.69) is 5.32 Å². The second-order valence-electron chi connectivity index (χ2n) is 8.81. The highest BCUT2D eigenvalue weighted by atomic mass is 35.5. The van der Waals surface area contributed by atoms with Crippen molar-refractivity contribution in [3.63, 3.8) is 0 Å². The van der Waals surface area contributed by atoms with Gasteiger partial charge in [-0.05, 0) is 40.8 Å². The van der Waals surface area contributed by atoms with Crippen LogP contribution in [0.2, 0.25) is 5.02 Å². The van der Waals surface area contributed by atoms with Gasteiger partial charge in [-0.25, -0.2) is 0 Å². The van der Waals surface area contributed by atoms with Gasteiger partial charge in [0.05, 0.1) is 18.4 Å². The van der Waals surface area contributed by atoms with Crippen LogP contribution in [0, 0.1) is 0 Å². The summed E-state index contributed by atoms with van der Waals surface area (Å²) in [4.78, 5) is 36.0. The maximum Gasteiger partial charge on any atom is 0.308 e. The van der Waals surface area contributed by atoms with E-state index in [0.717, 1.165) is 22.3 Å². The largest absolute Gasteiger partial charge is 0.481 e. The molecule has 1 aliphatic rings. The number of aliphatic carboxylic acids is 1. The fraction of sp³-hybridized carbons (Fsp3) is 0.250. The molecule has 0 bridgehead atoms. The Labute approximate surface area is 208 Å². The fourth-order valence-electron chi connectivity index (χ4n) is 4.30. The molecule has 2 atom stereocenters. The topological polar surface area (TPSA) is 92.7 Å². The number of esters is 1. The molecule has 0 heterocycles. The van der Waals surface area contributed by atoms with E-state index in [1.54, 1.807) is 0 Å². The van der Waals surface area contributed by atoms with Crippen LogP contribution < -0.4 is 5.32 Å². The normalized spacial score (nSPS) is 18.5. The van der Waals surface area contributed by atoms with Crippen LogP contribution in [0.1, 0.15) is 42.7 Å². The zero-order valence-electron chi connectivity index (χ0n) is 19.1. The average Bonchev–Trinajstić information content (AvgIpc) is 3.55. The Kier molecular flexibility index (Phi) is 7.51. The summed E-state index contributed by atoms with van der Waals surface area (Å²) in [5.41, 5.74) is 3.09. The van der Waals surface area contributed by atoms with Crippen molar-refractivity contribution >= 4 is 29.4 Å². The molecular weight excluding hydrogens is 466 g/mol. The maximum atomic E-state index is 12.7. The van der Waals surface area contributed by atoms with Crippen molar-refractivity contribution in [1.29, 1.82) is 0 Å². The molecule has 7 heteroatoms. The monoisotopic (exact) mass is 491 g/mol. The number of rotatable bonds is 10. The minimum atomic E-state index is -1.04. The molecule has 0 saturated heterocycles. The number of hydrogen-bond donors (Lipinski definition) is 2. The second-order valence-corrected chi connectivity index (χ2v) is 9.25. The molecule has 1 unspecified atom stereocenters. The zero-order valence-corrected chi connectivity index (χ0v) is 19.8. The Bertz CT molecular complexity index is 1210. The minimum Gasteiger partial charge on any atom is -0.481 e. The van der Waals surface area contributed by atoms with Gasteiger partial charge in [0, 0.05) is 17.4 Å². The van der Waals surface area contributed by atoms with Gasteiger partial charge in [0.25, 0.3) is 0 Å². The van der Waals surface area contributed by atoms with Gasteiger partial charge in [-0.1, -0.05) is 78.3 Å². The number of ether oxygens (including phenoxy) is 1. The molecule has 1 amide bonds. The Morgan fingerprint density at radius 1 is 0.943 bits per heavy atom. The Hall–Kier alpha value is -3.64. The standard InChI is InChI=1S/C28H26ClNO5/c29-23-8-4-7-22(15-23)20-9-11-21(12-10-20)24-16-28(24,30-25(31)13-14-26(32)33)17-27(34)35-18-19-5-2-1-3-6-19/h1-12,15,24H,13-14,16-18H2,(H,30,31)(H,32,33)/t24-,28?/m0/s1. The Morgan fingerprint density at radius 2 is 1.69 bits per heavy atom. The van der Waals surface area contributed by atoms with Gasteiger partial charge in [0.1, 0.15) is 6.61 Å². The molecule has 1 fully saturated rings. The highest BCUT2D eigenvalue weighted by molar-refractivity contribution is 6.30. The molecule has 4 rings (SSSR count). The summed E-state index contributed by atoms with van der Waals surface area (Å²) in [5, 5.41) is 12.5. The lowest BCUT2D eigenvalue weighted by molar-refractivity contribution is -0.146. The second kappa shape index (κ2) is 10.7. The summed E-state index contributed by atoms with van der Waals surface area (Å²) >= 11 is 6.11. The van der Waals surface area contributed by atoms with E-state index in [-0.39, 0.29) is 37.7 Å². The van der Waals surface area contributed by atoms with Crippen molar-refractivity contribution in [2.24, 2.45) is 0 Å². The third-order valence-corrected chi connectivity index (χ3v) is 6.44. The number of carboxylic acid groups (broad SMARTS) is 1. The number of amides is 1. The quantitative estimate of drug-likeness (QED) is 0.373. The number of hydrogen-bond acceptors (Lipinski definition) is 4. The molecular formula is C28H26ClNO5. The molecule has 6 nitrogen and oxygen atoms in total. The van der Waals surface area contributed by atoms with Crippen molar-refractivity contribution in [1.82, 2.24) is 5.32 Å². The summed E-state index contributed by atoms with van der Waals surface area (Å²) in [5.74, 6) is -1.92. The molecule has 0 radical (unpaired) electrons. The molecule has 1 saturated carbocycles. The number of carbonyl (C=O) groups is 3. The third kappa shape index (κ3) is 6.49. The first kappa shape index (κ1) is 24.5. The van der Waals surface area contributed by atoms with Crippen molar-refractivity contribution in [2.75, 3.05) is 0 Å². The summed E-state index contributed by atoms with van der Waals surface area (Å²) in [7, 11) is 0. The smallest absolute Gasteiger partial charge is 0.308 e. The lowest BCUT2D eigenvalue weighted by Crippen LogP contribution is -2.40. The van der Waals surface area contributed by atoms with Crippen LogP contribution in [0.5, 0.6) is 0 Å². The number of nitrogens with one attached hydrogen (secondary N) is 1. The lowest BCUT2D eigenvalue weighted by atomic mass is 9.99. The van der Waals surface area contributed by atoms with E-state index in [1.807, 2.05) is 78.9 Å². The van der Waals surface area contributed by atoms with E-state index in [9.17, 15) is 14.4 Å². The summed E-state index contributed by atoms with van der Waals surface area (Å²) in [6.07, 6.45) is 0.179. The van der Waals surface area contributed by atoms with E-state index < -0.39 is 17.5 Å². The fourth-order valence-corrected chi connectivity index (χ4v) is 4.49. The minimum absolute atomic E-state index is 0.0133. The molecule has 0 aromatic heterocycles. The summed E-state index contributed by atoms with van der Waals surface area (Å²) in [6.45, 7) is 0.154. The van der Waals surface area contributed by atoms with Crippen LogP contribution in [0.3, 0.4) is 0 Å². The summed E-state index contributed by atoms with van der Waals surface area (Å²) in [6, 6.07) is 24.9. The van der Waals surface area contributed by atoms with Crippen LogP contribution >= 0.6 is 11.6 Å². The Morgan fingerprint density at radius 3 is 2.37 bits per heavy atom. The van der Waals surface area contributed by atoms with Gasteiger partial charge < -0.3 is 15.2 Å². The van der Waals surface area contributed by atoms with Crippen LogP contribution in [0.25, 0.3) is 11.1 Å². The van der Waals surface area contributed by atoms with E-state index in [4.69, 9.17) is 21.4 Å². The first-order chi connectivity index (χ1) is 16.8. The number of benzene rings is 3. The molecule has 3 aromatic rings. The SMILES string of the molecule is O=C(O)CCC(=O)NC1(CC(=O)OCc2ccccc2)C[C@H]1c1ccc(-c2cccc(Cl)c2)cc1. The number of carboxylic acids is 1. The highest BCUT2D eigenvalue weighted by Gasteiger charge is 2.57. The van der Waals surface area contributed by atoms with Crippen molar-refractivity contribution in [3.8, 4) is 11.1 Å². The van der Waals surface area contributed by atoms with Crippen molar-refractivity contribution < 1.29 is 24.2 Å². The predicted molar refractivity (Wildman–Crippen MR) is 133 cm³/mol. The first-order valence-electron chi connectivity index (χ1n) is 11.4. The molecule has 0 aliphatic heterocycles. The van der Waals surface area contributed by atoms with Gasteiger partial charge in [-0.3, -0.25) is 14.4 Å². The van der Waals surface area contributed by atoms with Crippen LogP contribution in [0.15, 0.2) is 78.9 Å². The van der Waals surface area contributed by atoms with E-state index >= 15 is 0 Å². The number of halogens is 1. The van der Waals surface area contributed by atoms with Gasteiger partial charge in [0.15, 0.2) is 0 Å². The highest BCUT2D eigenvalue weighted by Crippen LogP contribution is 2.54. The van der Waals surface area contributed by atoms with E-state index in [0.29, 0.717) is 11.4 Å². The molecule has 1 aliphatic carbocycles. The lowest BCUT2D eigenvalue weighted by Gasteiger charge is -2.19. The summed E-state index contributed by atoms with van der Waals surface area (Å²) < 4.78 is 5.46. The van der Waals surface area contributed by atoms with E-state index in [1.165, 1.54) is 0 Å². The van der Waals surface area contributed by atoms with Crippen LogP contribution in [-0.4, -0.2) is 28.5 Å². The molecule has 35 heavy (non-hydrogen) atoms. The van der Waals surface area contributed by atoms with Crippen LogP contribution in [0.4, 0.5) is 0 Å². The molecule has 180 valence electrons. The predicted octanol–water partition coefficient (Wildman–Crippen LogP) is 5.35. The van der Waals surface area contributed by atoms with Crippen molar-refractivity contribution in [3.05, 3.63) is 95.0 Å². The van der Waals surface area contributed by atoms with Gasteiger partial charge in [-0.2, -0.15) is 0 Å². The van der Waals surface area contributed by atoms with Gasteiger partial charge in [0.2, 0.25) is 5.91 Å². The number of carbonyl (C=O) groups excluding carboxylic acids is 2. The van der Waals surface area contributed by atoms with Gasteiger partial charge in [-0.15, -0.1) is 0 Å². The zero-order chi connectivity index (χ0) is 24.8. The van der Waals surface area contributed by atoms with Crippen LogP contribution in [-0.2, 0) is 25.7 Å². The van der Waals surface area contributed by atoms with Gasteiger partial charge >= 0.3 is 11.9 Å². The first-order valence-corrected chi connectivity index (χ1v) is 11.8. The maximum absolute atomic E-state index is 12.7. The van der Waals surface area contributed by atoms with Crippen molar-refractivity contribution in [2.45, 2.75) is 43.7 Å². The molecule has 2 N–H and O–H groups in total. The molecule has 0 spiro atoms.